The molecule has 0 saturated heterocycles. The van der Waals surface area contributed by atoms with Crippen molar-refractivity contribution in [3.63, 3.8) is 0 Å². The van der Waals surface area contributed by atoms with Gasteiger partial charge < -0.3 is 5.73 Å². The van der Waals surface area contributed by atoms with Crippen LogP contribution < -0.4 is 5.73 Å². The molecule has 0 radical (unpaired) electrons. The van der Waals surface area contributed by atoms with Crippen LogP contribution in [0.4, 0.5) is 5.69 Å². The standard InChI is InChI=1S/C12H19NOS/c1-9(2)7-8-15(14)12-6-4-5-11(13)10(12)3/h4-6,9H,7-8,13H2,1-3H3. The van der Waals surface area contributed by atoms with Gasteiger partial charge in [-0.05, 0) is 37.0 Å². The molecule has 0 fully saturated rings. The quantitative estimate of drug-likeness (QED) is 0.801. The van der Waals surface area contributed by atoms with Crippen LogP contribution in [0.2, 0.25) is 0 Å². The normalized spacial score (nSPS) is 13.1. The van der Waals surface area contributed by atoms with Gasteiger partial charge in [-0.25, -0.2) is 0 Å². The number of nitrogens with two attached hydrogens (primary N) is 1. The zero-order valence-corrected chi connectivity index (χ0v) is 10.4. The first-order valence-corrected chi connectivity index (χ1v) is 6.57. The first kappa shape index (κ1) is 12.2. The summed E-state index contributed by atoms with van der Waals surface area (Å²) in [5.74, 6) is 1.32. The molecule has 1 rings (SSSR count). The predicted octanol–water partition coefficient (Wildman–Crippen LogP) is 2.73. The Morgan fingerprint density at radius 3 is 2.67 bits per heavy atom. The lowest BCUT2D eigenvalue weighted by atomic mass is 10.2. The summed E-state index contributed by atoms with van der Waals surface area (Å²) in [6, 6.07) is 5.62. The van der Waals surface area contributed by atoms with Crippen LogP contribution in [0.1, 0.15) is 25.8 Å². The van der Waals surface area contributed by atoms with Gasteiger partial charge in [0.1, 0.15) is 0 Å². The lowest BCUT2D eigenvalue weighted by Gasteiger charge is -2.09. The molecule has 0 saturated carbocycles. The van der Waals surface area contributed by atoms with Gasteiger partial charge in [0.05, 0.1) is 10.8 Å². The number of rotatable bonds is 4. The van der Waals surface area contributed by atoms with E-state index in [2.05, 4.69) is 13.8 Å². The highest BCUT2D eigenvalue weighted by Gasteiger charge is 2.09. The topological polar surface area (TPSA) is 43.1 Å². The van der Waals surface area contributed by atoms with Crippen LogP contribution in [-0.2, 0) is 10.8 Å². The predicted molar refractivity (Wildman–Crippen MR) is 66.3 cm³/mol. The molecule has 3 heteroatoms. The molecule has 0 aliphatic rings. The SMILES string of the molecule is Cc1c(N)cccc1S(=O)CCC(C)C. The Morgan fingerprint density at radius 1 is 1.40 bits per heavy atom. The Morgan fingerprint density at radius 2 is 2.07 bits per heavy atom. The molecule has 0 spiro atoms. The lowest BCUT2D eigenvalue weighted by Crippen LogP contribution is -2.04. The van der Waals surface area contributed by atoms with Gasteiger partial charge in [-0.1, -0.05) is 19.9 Å². The van der Waals surface area contributed by atoms with Crippen LogP contribution in [0.25, 0.3) is 0 Å². The highest BCUT2D eigenvalue weighted by Crippen LogP contribution is 2.20. The Balaban J connectivity index is 2.78. The Kier molecular flexibility index (Phi) is 4.33. The fraction of sp³-hybridized carbons (Fsp3) is 0.500. The van der Waals surface area contributed by atoms with Crippen molar-refractivity contribution in [2.24, 2.45) is 5.92 Å². The second kappa shape index (κ2) is 5.31. The third-order valence-electron chi connectivity index (χ3n) is 2.45. The van der Waals surface area contributed by atoms with E-state index in [1.807, 2.05) is 25.1 Å². The fourth-order valence-corrected chi connectivity index (χ4v) is 2.93. The van der Waals surface area contributed by atoms with E-state index >= 15 is 0 Å². The van der Waals surface area contributed by atoms with E-state index in [0.717, 1.165) is 28.3 Å². The largest absolute Gasteiger partial charge is 0.398 e. The Hall–Kier alpha value is -0.830. The molecule has 84 valence electrons. The average Bonchev–Trinajstić information content (AvgIpc) is 2.18. The van der Waals surface area contributed by atoms with Crippen molar-refractivity contribution in [3.8, 4) is 0 Å². The molecule has 15 heavy (non-hydrogen) atoms. The van der Waals surface area contributed by atoms with Crippen molar-refractivity contribution >= 4 is 16.5 Å². The van der Waals surface area contributed by atoms with Gasteiger partial charge in [0.25, 0.3) is 0 Å². The second-order valence-electron chi connectivity index (χ2n) is 4.20. The molecule has 0 aromatic heterocycles. The molecule has 0 aliphatic carbocycles. The summed E-state index contributed by atoms with van der Waals surface area (Å²) in [5, 5.41) is 0. The summed E-state index contributed by atoms with van der Waals surface area (Å²) in [6.45, 7) is 6.21. The highest BCUT2D eigenvalue weighted by molar-refractivity contribution is 7.85. The molecule has 1 atom stereocenters. The summed E-state index contributed by atoms with van der Waals surface area (Å²) in [4.78, 5) is 0.885. The average molecular weight is 225 g/mol. The number of hydrogen-bond acceptors (Lipinski definition) is 2. The van der Waals surface area contributed by atoms with Gasteiger partial charge in [0.15, 0.2) is 0 Å². The van der Waals surface area contributed by atoms with Gasteiger partial charge in [0, 0.05) is 16.3 Å². The third kappa shape index (κ3) is 3.34. The van der Waals surface area contributed by atoms with E-state index in [9.17, 15) is 4.21 Å². The van der Waals surface area contributed by atoms with E-state index in [1.165, 1.54) is 0 Å². The molecule has 0 bridgehead atoms. The minimum absolute atomic E-state index is 0.593. The molecule has 0 aliphatic heterocycles. The second-order valence-corrected chi connectivity index (χ2v) is 5.74. The molecule has 2 nitrogen and oxygen atoms in total. The summed E-state index contributed by atoms with van der Waals surface area (Å²) < 4.78 is 12.0. The summed E-state index contributed by atoms with van der Waals surface area (Å²) in [7, 11) is -0.906. The van der Waals surface area contributed by atoms with Gasteiger partial charge in [-0.3, -0.25) is 4.21 Å². The maximum absolute atomic E-state index is 12.0. The van der Waals surface area contributed by atoms with Crippen LogP contribution in [0.15, 0.2) is 23.1 Å². The Labute approximate surface area is 94.3 Å². The van der Waals surface area contributed by atoms with E-state index in [1.54, 1.807) is 0 Å². The van der Waals surface area contributed by atoms with Crippen LogP contribution in [0.5, 0.6) is 0 Å². The smallest absolute Gasteiger partial charge is 0.0533 e. The van der Waals surface area contributed by atoms with Gasteiger partial charge in [-0.2, -0.15) is 0 Å². The van der Waals surface area contributed by atoms with Crippen molar-refractivity contribution in [1.82, 2.24) is 0 Å². The first-order chi connectivity index (χ1) is 7.02. The van der Waals surface area contributed by atoms with Crippen molar-refractivity contribution in [1.29, 1.82) is 0 Å². The highest BCUT2D eigenvalue weighted by atomic mass is 32.2. The lowest BCUT2D eigenvalue weighted by molar-refractivity contribution is 0.619. The monoisotopic (exact) mass is 225 g/mol. The van der Waals surface area contributed by atoms with Crippen LogP contribution >= 0.6 is 0 Å². The number of hydrogen-bond donors (Lipinski definition) is 1. The molecular weight excluding hydrogens is 206 g/mol. The molecule has 1 aromatic carbocycles. The zero-order chi connectivity index (χ0) is 11.4. The van der Waals surface area contributed by atoms with Gasteiger partial charge >= 0.3 is 0 Å². The number of nitrogen functional groups attached to an aromatic ring is 1. The van der Waals surface area contributed by atoms with Crippen molar-refractivity contribution in [2.75, 3.05) is 11.5 Å². The van der Waals surface area contributed by atoms with Crippen LogP contribution in [0, 0.1) is 12.8 Å². The van der Waals surface area contributed by atoms with Crippen molar-refractivity contribution in [2.45, 2.75) is 32.1 Å². The maximum atomic E-state index is 12.0. The van der Waals surface area contributed by atoms with E-state index in [0.29, 0.717) is 5.92 Å². The summed E-state index contributed by atoms with van der Waals surface area (Å²) in [6.07, 6.45) is 0.987. The fourth-order valence-electron chi connectivity index (χ4n) is 1.33. The first-order valence-electron chi connectivity index (χ1n) is 5.26. The van der Waals surface area contributed by atoms with Gasteiger partial charge in [-0.15, -0.1) is 0 Å². The number of benzene rings is 1. The van der Waals surface area contributed by atoms with Crippen LogP contribution in [0.3, 0.4) is 0 Å². The molecule has 2 N–H and O–H groups in total. The molecule has 1 aromatic rings. The minimum atomic E-state index is -0.906. The maximum Gasteiger partial charge on any atom is 0.0533 e. The molecular formula is C12H19NOS. The molecule has 1 unspecified atom stereocenters. The summed E-state index contributed by atoms with van der Waals surface area (Å²) >= 11 is 0. The minimum Gasteiger partial charge on any atom is -0.398 e. The van der Waals surface area contributed by atoms with Crippen molar-refractivity contribution in [3.05, 3.63) is 23.8 Å². The van der Waals surface area contributed by atoms with Gasteiger partial charge in [0.2, 0.25) is 0 Å². The zero-order valence-electron chi connectivity index (χ0n) is 9.62. The van der Waals surface area contributed by atoms with E-state index in [4.69, 9.17) is 5.73 Å². The third-order valence-corrected chi connectivity index (χ3v) is 3.99. The molecule has 0 amide bonds. The molecule has 0 heterocycles. The van der Waals surface area contributed by atoms with Crippen LogP contribution in [-0.4, -0.2) is 9.96 Å². The van der Waals surface area contributed by atoms with E-state index < -0.39 is 10.8 Å². The number of anilines is 1. The Bertz CT molecular complexity index is 361. The summed E-state index contributed by atoms with van der Waals surface area (Å²) in [5.41, 5.74) is 7.47. The van der Waals surface area contributed by atoms with E-state index in [-0.39, 0.29) is 0 Å². The van der Waals surface area contributed by atoms with Crippen molar-refractivity contribution < 1.29 is 4.21 Å².